The minimum absolute atomic E-state index is 0.194. The predicted octanol–water partition coefficient (Wildman–Crippen LogP) is 2.79. The summed E-state index contributed by atoms with van der Waals surface area (Å²) in [4.78, 5) is 2.54. The van der Waals surface area contributed by atoms with Crippen LogP contribution in [0.15, 0.2) is 0 Å². The average molecular weight is 241 g/mol. The highest BCUT2D eigenvalue weighted by Crippen LogP contribution is 2.37. The number of unbranched alkanes of at least 4 members (excludes halogenated alkanes) is 2. The van der Waals surface area contributed by atoms with Gasteiger partial charge in [0.1, 0.15) is 0 Å². The van der Waals surface area contributed by atoms with E-state index in [-0.39, 0.29) is 5.79 Å². The third kappa shape index (κ3) is 3.43. The van der Waals surface area contributed by atoms with E-state index in [2.05, 4.69) is 18.9 Å². The summed E-state index contributed by atoms with van der Waals surface area (Å²) in [7, 11) is 2.27. The van der Waals surface area contributed by atoms with Gasteiger partial charge < -0.3 is 14.4 Å². The zero-order valence-electron chi connectivity index (χ0n) is 11.4. The topological polar surface area (TPSA) is 21.7 Å². The van der Waals surface area contributed by atoms with Crippen LogP contribution in [-0.4, -0.2) is 43.5 Å². The lowest BCUT2D eigenvalue weighted by atomic mass is 9.89. The zero-order valence-corrected chi connectivity index (χ0v) is 11.4. The molecule has 1 saturated carbocycles. The zero-order chi connectivity index (χ0) is 12.1. The van der Waals surface area contributed by atoms with E-state index in [4.69, 9.17) is 9.47 Å². The molecule has 100 valence electrons. The average Bonchev–Trinajstić information content (AvgIpc) is 2.79. The van der Waals surface area contributed by atoms with Crippen LogP contribution in [0.4, 0.5) is 0 Å². The summed E-state index contributed by atoms with van der Waals surface area (Å²) in [5, 5.41) is 0. The fraction of sp³-hybridized carbons (Fsp3) is 1.00. The van der Waals surface area contributed by atoms with Crippen molar-refractivity contribution in [3.8, 4) is 0 Å². The quantitative estimate of drug-likeness (QED) is 0.691. The molecule has 0 unspecified atom stereocenters. The fourth-order valence-electron chi connectivity index (χ4n) is 3.06. The fourth-order valence-corrected chi connectivity index (χ4v) is 3.06. The maximum absolute atomic E-state index is 5.77. The second-order valence-corrected chi connectivity index (χ2v) is 5.53. The monoisotopic (exact) mass is 241 g/mol. The second-order valence-electron chi connectivity index (χ2n) is 5.53. The van der Waals surface area contributed by atoms with Crippen molar-refractivity contribution >= 4 is 0 Å². The van der Waals surface area contributed by atoms with Crippen LogP contribution in [0.2, 0.25) is 0 Å². The lowest BCUT2D eigenvalue weighted by Crippen LogP contribution is -2.43. The summed E-state index contributed by atoms with van der Waals surface area (Å²) in [5.74, 6) is -0.194. The Bertz CT molecular complexity index is 216. The Kier molecular flexibility index (Phi) is 4.83. The van der Waals surface area contributed by atoms with Crippen LogP contribution in [-0.2, 0) is 9.47 Å². The number of nitrogens with zero attached hydrogens (tertiary/aromatic N) is 1. The highest BCUT2D eigenvalue weighted by molar-refractivity contribution is 4.85. The molecule has 1 aliphatic heterocycles. The third-order valence-corrected chi connectivity index (χ3v) is 4.27. The van der Waals surface area contributed by atoms with Crippen molar-refractivity contribution in [2.45, 2.75) is 63.7 Å². The molecule has 3 heteroatoms. The Hall–Kier alpha value is -0.120. The van der Waals surface area contributed by atoms with Crippen molar-refractivity contribution in [3.05, 3.63) is 0 Å². The summed E-state index contributed by atoms with van der Waals surface area (Å²) in [6.07, 6.45) is 8.61. The second kappa shape index (κ2) is 6.17. The third-order valence-electron chi connectivity index (χ3n) is 4.27. The molecule has 0 aromatic carbocycles. The molecule has 2 fully saturated rings. The molecule has 1 heterocycles. The van der Waals surface area contributed by atoms with Crippen molar-refractivity contribution in [1.29, 1.82) is 0 Å². The molecule has 1 aliphatic carbocycles. The van der Waals surface area contributed by atoms with Crippen LogP contribution in [0.25, 0.3) is 0 Å². The SMILES string of the molecule is CCCCCN(C)C1CCC2(CC1)OCCO2. The minimum atomic E-state index is -0.194. The van der Waals surface area contributed by atoms with Crippen LogP contribution < -0.4 is 0 Å². The predicted molar refractivity (Wildman–Crippen MR) is 69.0 cm³/mol. The van der Waals surface area contributed by atoms with Gasteiger partial charge in [-0.3, -0.25) is 0 Å². The number of hydrogen-bond acceptors (Lipinski definition) is 3. The van der Waals surface area contributed by atoms with E-state index < -0.39 is 0 Å². The van der Waals surface area contributed by atoms with Crippen LogP contribution in [0.3, 0.4) is 0 Å². The first kappa shape index (κ1) is 13.3. The molecule has 0 aromatic rings. The van der Waals surface area contributed by atoms with Crippen molar-refractivity contribution in [3.63, 3.8) is 0 Å². The van der Waals surface area contributed by atoms with Gasteiger partial charge >= 0.3 is 0 Å². The summed E-state index contributed by atoms with van der Waals surface area (Å²) in [5.41, 5.74) is 0. The van der Waals surface area contributed by atoms with Crippen LogP contribution in [0.1, 0.15) is 51.9 Å². The van der Waals surface area contributed by atoms with Gasteiger partial charge in [0, 0.05) is 18.9 Å². The van der Waals surface area contributed by atoms with Gasteiger partial charge in [-0.1, -0.05) is 19.8 Å². The van der Waals surface area contributed by atoms with E-state index in [9.17, 15) is 0 Å². The van der Waals surface area contributed by atoms with Crippen LogP contribution in [0.5, 0.6) is 0 Å². The van der Waals surface area contributed by atoms with Crippen LogP contribution in [0, 0.1) is 0 Å². The molecular formula is C14H27NO2. The first-order valence-corrected chi connectivity index (χ1v) is 7.24. The van der Waals surface area contributed by atoms with E-state index in [1.807, 2.05) is 0 Å². The Morgan fingerprint density at radius 2 is 1.76 bits per heavy atom. The van der Waals surface area contributed by atoms with Gasteiger partial charge in [0.25, 0.3) is 0 Å². The van der Waals surface area contributed by atoms with E-state index in [1.165, 1.54) is 38.6 Å². The van der Waals surface area contributed by atoms with Gasteiger partial charge in [0.2, 0.25) is 0 Å². The van der Waals surface area contributed by atoms with Gasteiger partial charge in [0.15, 0.2) is 5.79 Å². The highest BCUT2D eigenvalue weighted by Gasteiger charge is 2.40. The lowest BCUT2D eigenvalue weighted by molar-refractivity contribution is -0.183. The van der Waals surface area contributed by atoms with E-state index in [0.29, 0.717) is 0 Å². The number of ether oxygens (including phenoxy) is 2. The molecule has 2 rings (SSSR count). The molecule has 17 heavy (non-hydrogen) atoms. The molecule has 0 radical (unpaired) electrons. The van der Waals surface area contributed by atoms with Gasteiger partial charge in [-0.2, -0.15) is 0 Å². The largest absolute Gasteiger partial charge is 0.348 e. The Balaban J connectivity index is 1.70. The van der Waals surface area contributed by atoms with Gasteiger partial charge in [0.05, 0.1) is 13.2 Å². The number of hydrogen-bond donors (Lipinski definition) is 0. The number of rotatable bonds is 5. The minimum Gasteiger partial charge on any atom is -0.348 e. The molecule has 3 nitrogen and oxygen atoms in total. The summed E-state index contributed by atoms with van der Waals surface area (Å²) >= 11 is 0. The Morgan fingerprint density at radius 3 is 2.35 bits per heavy atom. The van der Waals surface area contributed by atoms with E-state index in [1.54, 1.807) is 0 Å². The van der Waals surface area contributed by atoms with Gasteiger partial charge in [-0.05, 0) is 32.9 Å². The molecule has 2 aliphatic rings. The van der Waals surface area contributed by atoms with Gasteiger partial charge in [-0.25, -0.2) is 0 Å². The Labute approximate surface area is 105 Å². The molecular weight excluding hydrogens is 214 g/mol. The van der Waals surface area contributed by atoms with Crippen molar-refractivity contribution in [1.82, 2.24) is 4.90 Å². The molecule has 0 atom stereocenters. The molecule has 0 aromatic heterocycles. The molecule has 0 amide bonds. The molecule has 0 N–H and O–H groups in total. The molecule has 1 spiro atoms. The van der Waals surface area contributed by atoms with E-state index >= 15 is 0 Å². The van der Waals surface area contributed by atoms with Crippen molar-refractivity contribution in [2.75, 3.05) is 26.8 Å². The summed E-state index contributed by atoms with van der Waals surface area (Å²) < 4.78 is 11.5. The maximum Gasteiger partial charge on any atom is 0.168 e. The van der Waals surface area contributed by atoms with E-state index in [0.717, 1.165) is 32.1 Å². The van der Waals surface area contributed by atoms with Crippen molar-refractivity contribution in [2.24, 2.45) is 0 Å². The Morgan fingerprint density at radius 1 is 1.12 bits per heavy atom. The van der Waals surface area contributed by atoms with Gasteiger partial charge in [-0.15, -0.1) is 0 Å². The van der Waals surface area contributed by atoms with Crippen molar-refractivity contribution < 1.29 is 9.47 Å². The first-order valence-electron chi connectivity index (χ1n) is 7.24. The standard InChI is InChI=1S/C14H27NO2/c1-3-4-5-10-15(2)13-6-8-14(9-7-13)16-11-12-17-14/h13H,3-12H2,1-2H3. The smallest absolute Gasteiger partial charge is 0.168 e. The molecule has 1 saturated heterocycles. The van der Waals surface area contributed by atoms with Crippen LogP contribution >= 0.6 is 0 Å². The normalized spacial score (nSPS) is 24.9. The summed E-state index contributed by atoms with van der Waals surface area (Å²) in [6.45, 7) is 5.08. The molecule has 0 bridgehead atoms. The maximum atomic E-state index is 5.77. The first-order chi connectivity index (χ1) is 8.26. The lowest BCUT2D eigenvalue weighted by Gasteiger charge is -2.39. The summed E-state index contributed by atoms with van der Waals surface area (Å²) in [6, 6.07) is 0.741. The highest BCUT2D eigenvalue weighted by atomic mass is 16.7.